The topological polar surface area (TPSA) is 85.2 Å². The van der Waals surface area contributed by atoms with Crippen molar-refractivity contribution in [2.24, 2.45) is 0 Å². The van der Waals surface area contributed by atoms with E-state index in [0.717, 1.165) is 11.4 Å². The molecule has 27 heavy (non-hydrogen) atoms. The summed E-state index contributed by atoms with van der Waals surface area (Å²) in [6.45, 7) is 5.11. The fraction of sp³-hybridized carbons (Fsp3) is 0.500. The summed E-state index contributed by atoms with van der Waals surface area (Å²) in [5.74, 6) is 1.18. The molecule has 0 radical (unpaired) electrons. The number of aromatic nitrogens is 3. The lowest BCUT2D eigenvalue weighted by atomic mass is 10.2. The van der Waals surface area contributed by atoms with Gasteiger partial charge in [-0.3, -0.25) is 4.79 Å². The van der Waals surface area contributed by atoms with E-state index in [0.29, 0.717) is 24.7 Å². The van der Waals surface area contributed by atoms with Gasteiger partial charge >= 0.3 is 0 Å². The lowest BCUT2D eigenvalue weighted by Crippen LogP contribution is -2.42. The number of hydrogen-bond donors (Lipinski definition) is 0. The molecule has 1 aliphatic heterocycles. The largest absolute Gasteiger partial charge is 0.338 e. The summed E-state index contributed by atoms with van der Waals surface area (Å²) in [4.78, 5) is 14.4. The van der Waals surface area contributed by atoms with Gasteiger partial charge in [0, 0.05) is 24.7 Å². The van der Waals surface area contributed by atoms with Crippen LogP contribution < -0.4 is 0 Å². The van der Waals surface area contributed by atoms with E-state index < -0.39 is 9.84 Å². The molecule has 1 aromatic carbocycles. The minimum Gasteiger partial charge on any atom is -0.338 e. The molecule has 3 rings (SSSR count). The van der Waals surface area contributed by atoms with Gasteiger partial charge in [-0.2, -0.15) is 0 Å². The predicted octanol–water partition coefficient (Wildman–Crippen LogP) is 2.09. The zero-order valence-electron chi connectivity index (χ0n) is 15.5. The molecule has 0 unspecified atom stereocenters. The van der Waals surface area contributed by atoms with Crippen molar-refractivity contribution in [1.29, 1.82) is 0 Å². The number of rotatable bonds is 7. The van der Waals surface area contributed by atoms with Crippen LogP contribution in [0.4, 0.5) is 0 Å². The highest BCUT2D eigenvalue weighted by Crippen LogP contribution is 2.25. The molecule has 1 atom stereocenters. The maximum Gasteiger partial charge on any atom is 0.233 e. The Balaban J connectivity index is 1.69. The number of carbonyl (C=O) groups excluding carboxylic acids is 1. The fourth-order valence-corrected chi connectivity index (χ4v) is 5.97. The first kappa shape index (κ1) is 19.9. The standard InChI is InChI=1S/C18H24N4O3S2/c1-3-21(15-10-11-27(24,25)13-15)16(23)12-26-18-20-19-17(22(18)4-2)14-8-6-5-7-9-14/h5-9,15H,3-4,10-13H2,1-2H3/t15-/m0/s1. The zero-order chi connectivity index (χ0) is 19.4. The normalized spacial score (nSPS) is 18.5. The van der Waals surface area contributed by atoms with Crippen LogP contribution in [0.2, 0.25) is 0 Å². The number of thioether (sulfide) groups is 1. The molecule has 1 aliphatic rings. The summed E-state index contributed by atoms with van der Waals surface area (Å²) in [6, 6.07) is 9.61. The summed E-state index contributed by atoms with van der Waals surface area (Å²) in [6.07, 6.45) is 0.524. The lowest BCUT2D eigenvalue weighted by Gasteiger charge is -2.26. The summed E-state index contributed by atoms with van der Waals surface area (Å²) >= 11 is 1.35. The van der Waals surface area contributed by atoms with Crippen LogP contribution in [0.3, 0.4) is 0 Å². The maximum absolute atomic E-state index is 12.7. The molecule has 7 nitrogen and oxygen atoms in total. The van der Waals surface area contributed by atoms with Crippen molar-refractivity contribution in [3.8, 4) is 11.4 Å². The first-order valence-electron chi connectivity index (χ1n) is 9.06. The highest BCUT2D eigenvalue weighted by molar-refractivity contribution is 7.99. The minimum absolute atomic E-state index is 0.0588. The fourth-order valence-electron chi connectivity index (χ4n) is 3.35. The SMILES string of the molecule is CCN(C(=O)CSc1nnc(-c2ccccc2)n1CC)[C@H]1CCS(=O)(=O)C1. The van der Waals surface area contributed by atoms with Crippen LogP contribution >= 0.6 is 11.8 Å². The van der Waals surface area contributed by atoms with Crippen LogP contribution in [-0.2, 0) is 21.2 Å². The summed E-state index contributed by atoms with van der Waals surface area (Å²) in [7, 11) is -3.02. The molecular weight excluding hydrogens is 384 g/mol. The summed E-state index contributed by atoms with van der Waals surface area (Å²) in [5, 5.41) is 9.23. The third-order valence-corrected chi connectivity index (χ3v) is 7.40. The second kappa shape index (κ2) is 8.43. The van der Waals surface area contributed by atoms with Gasteiger partial charge in [-0.05, 0) is 20.3 Å². The van der Waals surface area contributed by atoms with E-state index in [1.54, 1.807) is 4.90 Å². The van der Waals surface area contributed by atoms with Crippen molar-refractivity contribution in [2.45, 2.75) is 38.0 Å². The number of sulfone groups is 1. The van der Waals surface area contributed by atoms with Crippen molar-refractivity contribution in [3.05, 3.63) is 30.3 Å². The van der Waals surface area contributed by atoms with Gasteiger partial charge in [0.25, 0.3) is 0 Å². The van der Waals surface area contributed by atoms with Gasteiger partial charge in [0.1, 0.15) is 0 Å². The predicted molar refractivity (Wildman–Crippen MR) is 106 cm³/mol. The lowest BCUT2D eigenvalue weighted by molar-refractivity contribution is -0.129. The van der Waals surface area contributed by atoms with Crippen LogP contribution in [0.1, 0.15) is 20.3 Å². The number of benzene rings is 1. The molecule has 146 valence electrons. The number of hydrogen-bond acceptors (Lipinski definition) is 6. The number of amides is 1. The van der Waals surface area contributed by atoms with E-state index in [9.17, 15) is 13.2 Å². The van der Waals surface area contributed by atoms with Crippen LogP contribution in [-0.4, -0.2) is 63.8 Å². The van der Waals surface area contributed by atoms with Gasteiger partial charge in [-0.15, -0.1) is 10.2 Å². The Morgan fingerprint density at radius 1 is 1.26 bits per heavy atom. The first-order valence-corrected chi connectivity index (χ1v) is 11.9. The number of carbonyl (C=O) groups is 1. The van der Waals surface area contributed by atoms with E-state index in [-0.39, 0.29) is 29.2 Å². The molecule has 1 fully saturated rings. The van der Waals surface area contributed by atoms with Gasteiger partial charge < -0.3 is 9.47 Å². The summed E-state index contributed by atoms with van der Waals surface area (Å²) < 4.78 is 25.4. The van der Waals surface area contributed by atoms with E-state index in [1.165, 1.54) is 11.8 Å². The van der Waals surface area contributed by atoms with Crippen molar-refractivity contribution < 1.29 is 13.2 Å². The Labute approximate surface area is 164 Å². The molecule has 0 bridgehead atoms. The Kier molecular flexibility index (Phi) is 6.21. The molecule has 0 saturated carbocycles. The Hall–Kier alpha value is -1.87. The van der Waals surface area contributed by atoms with Crippen molar-refractivity contribution in [2.75, 3.05) is 23.8 Å². The third kappa shape index (κ3) is 4.52. The second-order valence-corrected chi connectivity index (χ2v) is 9.61. The molecule has 2 heterocycles. The van der Waals surface area contributed by atoms with Gasteiger partial charge in [0.05, 0.1) is 17.3 Å². The van der Waals surface area contributed by atoms with E-state index in [4.69, 9.17) is 0 Å². The smallest absolute Gasteiger partial charge is 0.233 e. The van der Waals surface area contributed by atoms with Crippen LogP contribution in [0.25, 0.3) is 11.4 Å². The van der Waals surface area contributed by atoms with Gasteiger partial charge in [0.15, 0.2) is 20.8 Å². The van der Waals surface area contributed by atoms with Gasteiger partial charge in [0.2, 0.25) is 5.91 Å². The molecule has 0 spiro atoms. The van der Waals surface area contributed by atoms with Crippen LogP contribution in [0.5, 0.6) is 0 Å². The average molecular weight is 409 g/mol. The second-order valence-electron chi connectivity index (χ2n) is 6.44. The quantitative estimate of drug-likeness (QED) is 0.652. The third-order valence-electron chi connectivity index (χ3n) is 4.70. The Bertz CT molecular complexity index is 897. The van der Waals surface area contributed by atoms with E-state index >= 15 is 0 Å². The molecule has 1 saturated heterocycles. The Morgan fingerprint density at radius 2 is 2.00 bits per heavy atom. The average Bonchev–Trinajstić information content (AvgIpc) is 3.24. The highest BCUT2D eigenvalue weighted by Gasteiger charge is 2.33. The van der Waals surface area contributed by atoms with Crippen molar-refractivity contribution in [3.63, 3.8) is 0 Å². The molecular formula is C18H24N4O3S2. The molecule has 0 aliphatic carbocycles. The zero-order valence-corrected chi connectivity index (χ0v) is 17.2. The van der Waals surface area contributed by atoms with Crippen molar-refractivity contribution >= 4 is 27.5 Å². The molecule has 1 amide bonds. The monoisotopic (exact) mass is 408 g/mol. The van der Waals surface area contributed by atoms with E-state index in [1.807, 2.05) is 48.7 Å². The van der Waals surface area contributed by atoms with E-state index in [2.05, 4.69) is 10.2 Å². The van der Waals surface area contributed by atoms with Crippen molar-refractivity contribution in [1.82, 2.24) is 19.7 Å². The molecule has 9 heteroatoms. The van der Waals surface area contributed by atoms with Crippen LogP contribution in [0.15, 0.2) is 35.5 Å². The first-order chi connectivity index (χ1) is 12.9. The summed E-state index contributed by atoms with van der Waals surface area (Å²) in [5.41, 5.74) is 0.983. The molecule has 1 aromatic heterocycles. The van der Waals surface area contributed by atoms with Gasteiger partial charge in [-0.1, -0.05) is 42.1 Å². The molecule has 2 aromatic rings. The van der Waals surface area contributed by atoms with Crippen LogP contribution in [0, 0.1) is 0 Å². The number of nitrogens with zero attached hydrogens (tertiary/aromatic N) is 4. The molecule has 0 N–H and O–H groups in total. The minimum atomic E-state index is -3.02. The Morgan fingerprint density at radius 3 is 2.59 bits per heavy atom. The maximum atomic E-state index is 12.7. The van der Waals surface area contributed by atoms with Gasteiger partial charge in [-0.25, -0.2) is 8.42 Å². The highest BCUT2D eigenvalue weighted by atomic mass is 32.2.